The SMILES string of the molecule is CCc1nc2c(c(C)c1CC)CC(C(=O)O)(C(=O)O)C2. The molecule has 20 heavy (non-hydrogen) atoms. The van der Waals surface area contributed by atoms with Crippen LogP contribution >= 0.6 is 0 Å². The molecule has 0 unspecified atom stereocenters. The summed E-state index contributed by atoms with van der Waals surface area (Å²) in [5.41, 5.74) is 2.79. The number of carbonyl (C=O) groups is 2. The topological polar surface area (TPSA) is 87.5 Å². The summed E-state index contributed by atoms with van der Waals surface area (Å²) < 4.78 is 0. The van der Waals surface area contributed by atoms with Crippen molar-refractivity contribution in [1.82, 2.24) is 4.98 Å². The van der Waals surface area contributed by atoms with E-state index in [1.807, 2.05) is 20.8 Å². The molecule has 1 aliphatic carbocycles. The average Bonchev–Trinajstić information content (AvgIpc) is 2.79. The molecule has 2 rings (SSSR count). The number of carboxylic acid groups (broad SMARTS) is 2. The summed E-state index contributed by atoms with van der Waals surface area (Å²) in [6.45, 7) is 5.98. The van der Waals surface area contributed by atoms with Crippen molar-refractivity contribution in [1.29, 1.82) is 0 Å². The van der Waals surface area contributed by atoms with E-state index >= 15 is 0 Å². The maximum atomic E-state index is 11.4. The zero-order chi connectivity index (χ0) is 15.1. The second-order valence-corrected chi connectivity index (χ2v) is 5.34. The number of nitrogens with zero attached hydrogens (tertiary/aromatic N) is 1. The minimum atomic E-state index is -1.75. The Labute approximate surface area is 117 Å². The van der Waals surface area contributed by atoms with Crippen molar-refractivity contribution in [2.45, 2.75) is 46.5 Å². The fraction of sp³-hybridized carbons (Fsp3) is 0.533. The summed E-state index contributed by atoms with van der Waals surface area (Å²) in [6.07, 6.45) is 1.60. The first-order valence-corrected chi connectivity index (χ1v) is 6.84. The molecule has 0 amide bonds. The molecule has 1 aliphatic rings. The first kappa shape index (κ1) is 14.5. The molecule has 0 saturated carbocycles. The summed E-state index contributed by atoms with van der Waals surface area (Å²) in [7, 11) is 0. The lowest BCUT2D eigenvalue weighted by Gasteiger charge is -2.17. The van der Waals surface area contributed by atoms with Crippen LogP contribution in [0.25, 0.3) is 0 Å². The van der Waals surface area contributed by atoms with Gasteiger partial charge in [-0.15, -0.1) is 0 Å². The first-order valence-electron chi connectivity index (χ1n) is 6.84. The standard InChI is InChI=1S/C15H19NO4/c1-4-9-8(3)10-6-15(13(17)18,14(19)20)7-12(10)16-11(9)5-2/h4-7H2,1-3H3,(H,17,18)(H,19,20). The third-order valence-electron chi connectivity index (χ3n) is 4.33. The molecule has 0 atom stereocenters. The van der Waals surface area contributed by atoms with Crippen molar-refractivity contribution in [3.05, 3.63) is 28.1 Å². The molecule has 5 heteroatoms. The fourth-order valence-electron chi connectivity index (χ4n) is 3.10. The number of aromatic nitrogens is 1. The van der Waals surface area contributed by atoms with Gasteiger partial charge in [-0.05, 0) is 36.5 Å². The highest BCUT2D eigenvalue weighted by molar-refractivity contribution is 5.99. The van der Waals surface area contributed by atoms with Gasteiger partial charge in [0.2, 0.25) is 0 Å². The Morgan fingerprint density at radius 2 is 1.75 bits per heavy atom. The van der Waals surface area contributed by atoms with Crippen LogP contribution in [0.5, 0.6) is 0 Å². The van der Waals surface area contributed by atoms with Gasteiger partial charge in [-0.1, -0.05) is 13.8 Å². The molecular formula is C15H19NO4. The lowest BCUT2D eigenvalue weighted by atomic mass is 9.85. The molecule has 1 heterocycles. The second kappa shape index (κ2) is 4.89. The third-order valence-corrected chi connectivity index (χ3v) is 4.33. The van der Waals surface area contributed by atoms with E-state index in [9.17, 15) is 19.8 Å². The van der Waals surface area contributed by atoms with Gasteiger partial charge in [-0.2, -0.15) is 0 Å². The number of rotatable bonds is 4. The smallest absolute Gasteiger partial charge is 0.321 e. The predicted octanol–water partition coefficient (Wildman–Crippen LogP) is 1.77. The molecule has 0 radical (unpaired) electrons. The van der Waals surface area contributed by atoms with E-state index in [4.69, 9.17) is 0 Å². The summed E-state index contributed by atoms with van der Waals surface area (Å²) in [5.74, 6) is -2.56. The molecule has 5 nitrogen and oxygen atoms in total. The summed E-state index contributed by atoms with van der Waals surface area (Å²) >= 11 is 0. The number of aliphatic carboxylic acids is 2. The zero-order valence-electron chi connectivity index (χ0n) is 12.0. The van der Waals surface area contributed by atoms with Crippen LogP contribution in [-0.4, -0.2) is 27.1 Å². The molecule has 0 fully saturated rings. The number of aryl methyl sites for hydroxylation is 1. The van der Waals surface area contributed by atoms with Crippen LogP contribution in [0.15, 0.2) is 0 Å². The zero-order valence-corrected chi connectivity index (χ0v) is 12.0. The Morgan fingerprint density at radius 1 is 1.15 bits per heavy atom. The normalized spacial score (nSPS) is 15.9. The summed E-state index contributed by atoms with van der Waals surface area (Å²) in [6, 6.07) is 0. The Kier molecular flexibility index (Phi) is 3.54. The Balaban J connectivity index is 2.60. The third kappa shape index (κ3) is 1.88. The van der Waals surface area contributed by atoms with E-state index in [1.165, 1.54) is 0 Å². The van der Waals surface area contributed by atoms with Crippen molar-refractivity contribution in [2.24, 2.45) is 5.41 Å². The first-order chi connectivity index (χ1) is 9.37. The van der Waals surface area contributed by atoms with Gasteiger partial charge in [0, 0.05) is 24.2 Å². The fourth-order valence-corrected chi connectivity index (χ4v) is 3.10. The molecule has 108 valence electrons. The molecule has 0 saturated heterocycles. The van der Waals surface area contributed by atoms with Crippen LogP contribution in [-0.2, 0) is 35.3 Å². The molecular weight excluding hydrogens is 258 g/mol. The van der Waals surface area contributed by atoms with E-state index in [-0.39, 0.29) is 12.8 Å². The number of hydrogen-bond donors (Lipinski definition) is 2. The largest absolute Gasteiger partial charge is 0.480 e. The maximum absolute atomic E-state index is 11.4. The monoisotopic (exact) mass is 277 g/mol. The van der Waals surface area contributed by atoms with Crippen molar-refractivity contribution >= 4 is 11.9 Å². The van der Waals surface area contributed by atoms with Gasteiger partial charge in [-0.3, -0.25) is 14.6 Å². The average molecular weight is 277 g/mol. The van der Waals surface area contributed by atoms with Gasteiger partial charge in [0.25, 0.3) is 0 Å². The van der Waals surface area contributed by atoms with Crippen LogP contribution in [0.2, 0.25) is 0 Å². The highest BCUT2D eigenvalue weighted by Gasteiger charge is 2.52. The lowest BCUT2D eigenvalue weighted by Crippen LogP contribution is -2.40. The number of carboxylic acids is 2. The molecule has 0 aliphatic heterocycles. The van der Waals surface area contributed by atoms with Gasteiger partial charge in [-0.25, -0.2) is 0 Å². The van der Waals surface area contributed by atoms with Gasteiger partial charge >= 0.3 is 11.9 Å². The van der Waals surface area contributed by atoms with Gasteiger partial charge in [0.15, 0.2) is 5.41 Å². The molecule has 1 aromatic heterocycles. The van der Waals surface area contributed by atoms with E-state index in [2.05, 4.69) is 4.98 Å². The number of hydrogen-bond acceptors (Lipinski definition) is 3. The van der Waals surface area contributed by atoms with Gasteiger partial charge < -0.3 is 10.2 Å². The van der Waals surface area contributed by atoms with Crippen LogP contribution in [0.1, 0.15) is 41.9 Å². The lowest BCUT2D eigenvalue weighted by molar-refractivity contribution is -0.163. The van der Waals surface area contributed by atoms with E-state index in [0.717, 1.165) is 35.2 Å². The summed E-state index contributed by atoms with van der Waals surface area (Å²) in [5, 5.41) is 18.7. The minimum absolute atomic E-state index is 0.0230. The van der Waals surface area contributed by atoms with Gasteiger partial charge in [0.1, 0.15) is 0 Å². The van der Waals surface area contributed by atoms with Crippen LogP contribution in [0, 0.1) is 12.3 Å². The van der Waals surface area contributed by atoms with E-state index in [0.29, 0.717) is 5.69 Å². The van der Waals surface area contributed by atoms with Crippen LogP contribution < -0.4 is 0 Å². The maximum Gasteiger partial charge on any atom is 0.321 e. The van der Waals surface area contributed by atoms with E-state index < -0.39 is 17.4 Å². The van der Waals surface area contributed by atoms with Crippen molar-refractivity contribution < 1.29 is 19.8 Å². The van der Waals surface area contributed by atoms with Crippen LogP contribution in [0.4, 0.5) is 0 Å². The highest BCUT2D eigenvalue weighted by atomic mass is 16.4. The number of pyridine rings is 1. The Bertz CT molecular complexity index is 578. The predicted molar refractivity (Wildman–Crippen MR) is 72.8 cm³/mol. The van der Waals surface area contributed by atoms with Crippen molar-refractivity contribution in [2.75, 3.05) is 0 Å². The van der Waals surface area contributed by atoms with Crippen LogP contribution in [0.3, 0.4) is 0 Å². The van der Waals surface area contributed by atoms with Crippen molar-refractivity contribution in [3.8, 4) is 0 Å². The minimum Gasteiger partial charge on any atom is -0.480 e. The molecule has 2 N–H and O–H groups in total. The Morgan fingerprint density at radius 3 is 2.20 bits per heavy atom. The molecule has 1 aromatic rings. The number of fused-ring (bicyclic) bond motifs is 1. The molecule has 0 spiro atoms. The van der Waals surface area contributed by atoms with E-state index in [1.54, 1.807) is 0 Å². The quantitative estimate of drug-likeness (QED) is 0.819. The summed E-state index contributed by atoms with van der Waals surface area (Å²) in [4.78, 5) is 27.4. The van der Waals surface area contributed by atoms with Crippen molar-refractivity contribution in [3.63, 3.8) is 0 Å². The second-order valence-electron chi connectivity index (χ2n) is 5.34. The highest BCUT2D eigenvalue weighted by Crippen LogP contribution is 2.39. The Hall–Kier alpha value is -1.91. The molecule has 0 aromatic carbocycles. The van der Waals surface area contributed by atoms with Gasteiger partial charge in [0.05, 0.1) is 0 Å². The molecule has 0 bridgehead atoms.